The van der Waals surface area contributed by atoms with Gasteiger partial charge in [0, 0.05) is 28.4 Å². The number of amides is 2. The van der Waals surface area contributed by atoms with Gasteiger partial charge in [-0.1, -0.05) is 31.9 Å². The molecule has 0 spiro atoms. The lowest BCUT2D eigenvalue weighted by Gasteiger charge is -2.28. The minimum Gasteiger partial charge on any atom is -0.372 e. The van der Waals surface area contributed by atoms with E-state index in [1.165, 1.54) is 4.90 Å². The van der Waals surface area contributed by atoms with Crippen LogP contribution in [0.15, 0.2) is 24.3 Å². The van der Waals surface area contributed by atoms with Gasteiger partial charge in [0.15, 0.2) is 0 Å². The van der Waals surface area contributed by atoms with Crippen LogP contribution in [0.4, 0.5) is 11.4 Å². The number of hydrogen-bond donors (Lipinski definition) is 0. The van der Waals surface area contributed by atoms with Crippen LogP contribution in [-0.2, 0) is 9.59 Å². The SMILES string of the molecule is CCN(CC)c1ccc(N2C(=O)[C@@H]3[C@@H]4C[C@@H]([C@H](Br)[C@@H]4Br)[C@@H]3C2=O)cc1. The van der Waals surface area contributed by atoms with Crippen LogP contribution in [0.25, 0.3) is 0 Å². The zero-order valence-corrected chi connectivity index (χ0v) is 17.5. The summed E-state index contributed by atoms with van der Waals surface area (Å²) in [7, 11) is 0. The maximum Gasteiger partial charge on any atom is 0.238 e. The van der Waals surface area contributed by atoms with Crippen molar-refractivity contribution in [2.75, 3.05) is 22.9 Å². The molecule has 0 radical (unpaired) electrons. The second-order valence-electron chi connectivity index (χ2n) is 7.20. The quantitative estimate of drug-likeness (QED) is 0.497. The molecule has 3 aliphatic rings. The van der Waals surface area contributed by atoms with E-state index in [9.17, 15) is 9.59 Å². The van der Waals surface area contributed by atoms with Gasteiger partial charge in [0.1, 0.15) is 0 Å². The first kappa shape index (κ1) is 17.5. The zero-order valence-electron chi connectivity index (χ0n) is 14.4. The molecule has 1 heterocycles. The van der Waals surface area contributed by atoms with E-state index in [2.05, 4.69) is 50.6 Å². The highest BCUT2D eigenvalue weighted by Gasteiger charge is 2.66. The van der Waals surface area contributed by atoms with Crippen molar-refractivity contribution in [1.29, 1.82) is 0 Å². The third-order valence-corrected chi connectivity index (χ3v) is 9.43. The Labute approximate surface area is 165 Å². The Hall–Kier alpha value is -0.880. The van der Waals surface area contributed by atoms with Crippen LogP contribution < -0.4 is 9.80 Å². The number of benzene rings is 1. The molecule has 6 heteroatoms. The van der Waals surface area contributed by atoms with Gasteiger partial charge in [-0.15, -0.1) is 0 Å². The van der Waals surface area contributed by atoms with Gasteiger partial charge < -0.3 is 4.90 Å². The molecule has 0 N–H and O–H groups in total. The normalized spacial score (nSPS) is 36.2. The summed E-state index contributed by atoms with van der Waals surface area (Å²) in [5.74, 6) is 0.187. The Morgan fingerprint density at radius 2 is 1.44 bits per heavy atom. The summed E-state index contributed by atoms with van der Waals surface area (Å²) in [4.78, 5) is 30.3. The number of halogens is 2. The highest BCUT2D eigenvalue weighted by Crippen LogP contribution is 2.60. The highest BCUT2D eigenvalue weighted by atomic mass is 79.9. The van der Waals surface area contributed by atoms with E-state index >= 15 is 0 Å². The van der Waals surface area contributed by atoms with Gasteiger partial charge >= 0.3 is 0 Å². The Bertz CT molecular complexity index is 672. The Kier molecular flexibility index (Phi) is 4.47. The highest BCUT2D eigenvalue weighted by molar-refractivity contribution is 9.12. The van der Waals surface area contributed by atoms with Gasteiger partial charge in [-0.25, -0.2) is 0 Å². The van der Waals surface area contributed by atoms with Gasteiger partial charge in [-0.2, -0.15) is 0 Å². The minimum atomic E-state index is -0.155. The maximum absolute atomic E-state index is 13.0. The van der Waals surface area contributed by atoms with E-state index in [0.717, 1.165) is 25.2 Å². The van der Waals surface area contributed by atoms with Crippen molar-refractivity contribution in [3.63, 3.8) is 0 Å². The van der Waals surface area contributed by atoms with E-state index in [1.807, 2.05) is 24.3 Å². The largest absolute Gasteiger partial charge is 0.372 e. The maximum atomic E-state index is 13.0. The van der Waals surface area contributed by atoms with E-state index in [4.69, 9.17) is 0 Å². The van der Waals surface area contributed by atoms with Crippen LogP contribution in [-0.4, -0.2) is 34.6 Å². The lowest BCUT2D eigenvalue weighted by atomic mass is 9.81. The fourth-order valence-corrected chi connectivity index (χ4v) is 6.88. The van der Waals surface area contributed by atoms with Crippen molar-refractivity contribution in [1.82, 2.24) is 0 Å². The monoisotopic (exact) mass is 468 g/mol. The number of nitrogens with zero attached hydrogens (tertiary/aromatic N) is 2. The van der Waals surface area contributed by atoms with Crippen molar-refractivity contribution in [2.24, 2.45) is 23.7 Å². The number of fused-ring (bicyclic) bond motifs is 5. The summed E-state index contributed by atoms with van der Waals surface area (Å²) >= 11 is 7.46. The summed E-state index contributed by atoms with van der Waals surface area (Å²) in [6.45, 7) is 6.11. The Morgan fingerprint density at radius 3 is 1.88 bits per heavy atom. The molecule has 134 valence electrons. The topological polar surface area (TPSA) is 40.6 Å². The van der Waals surface area contributed by atoms with E-state index in [1.54, 1.807) is 0 Å². The molecule has 0 unspecified atom stereocenters. The van der Waals surface area contributed by atoms with Gasteiger partial charge in [0.2, 0.25) is 11.8 Å². The van der Waals surface area contributed by atoms with Crippen molar-refractivity contribution in [3.05, 3.63) is 24.3 Å². The summed E-state index contributed by atoms with van der Waals surface area (Å²) in [6.07, 6.45) is 0.966. The van der Waals surface area contributed by atoms with Crippen molar-refractivity contribution >= 4 is 55.0 Å². The summed E-state index contributed by atoms with van der Waals surface area (Å²) < 4.78 is 0. The predicted octanol–water partition coefficient (Wildman–Crippen LogP) is 3.82. The fourth-order valence-electron chi connectivity index (χ4n) is 5.00. The number of rotatable bonds is 4. The van der Waals surface area contributed by atoms with Crippen LogP contribution in [0.1, 0.15) is 20.3 Å². The Balaban J connectivity index is 1.62. The second kappa shape index (κ2) is 6.38. The van der Waals surface area contributed by atoms with Gasteiger partial charge in [0.25, 0.3) is 0 Å². The van der Waals surface area contributed by atoms with Gasteiger partial charge in [0.05, 0.1) is 17.5 Å². The molecule has 1 aromatic carbocycles. The molecule has 4 rings (SSSR count). The van der Waals surface area contributed by atoms with Crippen molar-refractivity contribution in [2.45, 2.75) is 29.9 Å². The molecule has 1 aliphatic heterocycles. The van der Waals surface area contributed by atoms with Crippen LogP contribution in [0.3, 0.4) is 0 Å². The van der Waals surface area contributed by atoms with Crippen LogP contribution in [0.5, 0.6) is 0 Å². The summed E-state index contributed by atoms with van der Waals surface area (Å²) in [5, 5.41) is 0. The molecular weight excluding hydrogens is 448 g/mol. The number of alkyl halides is 2. The van der Waals surface area contributed by atoms with Crippen molar-refractivity contribution < 1.29 is 9.59 Å². The smallest absolute Gasteiger partial charge is 0.238 e. The molecule has 3 fully saturated rings. The average molecular weight is 470 g/mol. The summed E-state index contributed by atoms with van der Waals surface area (Å²) in [5.41, 5.74) is 1.83. The number of imide groups is 1. The molecule has 2 bridgehead atoms. The van der Waals surface area contributed by atoms with E-state index < -0.39 is 0 Å². The first-order valence-corrected chi connectivity index (χ1v) is 10.8. The van der Waals surface area contributed by atoms with Crippen LogP contribution >= 0.6 is 31.9 Å². The van der Waals surface area contributed by atoms with Gasteiger partial charge in [-0.05, 0) is 56.4 Å². The molecule has 4 nitrogen and oxygen atoms in total. The average Bonchev–Trinajstić information content (AvgIpc) is 3.22. The summed E-state index contributed by atoms with van der Waals surface area (Å²) in [6, 6.07) is 7.83. The molecular formula is C19H22Br2N2O2. The molecule has 25 heavy (non-hydrogen) atoms. The predicted molar refractivity (Wildman–Crippen MR) is 107 cm³/mol. The van der Waals surface area contributed by atoms with E-state index in [-0.39, 0.29) is 45.1 Å². The lowest BCUT2D eigenvalue weighted by Crippen LogP contribution is -2.37. The molecule has 2 saturated carbocycles. The van der Waals surface area contributed by atoms with Gasteiger partial charge in [-0.3, -0.25) is 14.5 Å². The third-order valence-electron chi connectivity index (χ3n) is 6.22. The molecule has 2 amide bonds. The lowest BCUT2D eigenvalue weighted by molar-refractivity contribution is -0.123. The minimum absolute atomic E-state index is 0.0121. The number of hydrogen-bond acceptors (Lipinski definition) is 3. The first-order valence-electron chi connectivity index (χ1n) is 9.00. The second-order valence-corrected chi connectivity index (χ2v) is 9.32. The first-order chi connectivity index (χ1) is 12.0. The molecule has 1 saturated heterocycles. The molecule has 2 aliphatic carbocycles. The number of carbonyl (C=O) groups excluding carboxylic acids is 2. The molecule has 1 aromatic rings. The number of carbonyl (C=O) groups is 2. The van der Waals surface area contributed by atoms with Crippen LogP contribution in [0, 0.1) is 23.7 Å². The number of anilines is 2. The van der Waals surface area contributed by atoms with Crippen LogP contribution in [0.2, 0.25) is 0 Å². The standard InChI is InChI=1S/C19H22Br2N2O2/c1-3-22(4-2)10-5-7-11(8-6-10)23-18(24)14-12-9-13(15(14)19(23)25)17(21)16(12)20/h5-8,12-17H,3-4,9H2,1-2H3/t12-,13+,14+,15-,16+,17-. The molecule has 0 aromatic heterocycles. The fraction of sp³-hybridized carbons (Fsp3) is 0.579. The molecule has 6 atom stereocenters. The third kappa shape index (κ3) is 2.43. The van der Waals surface area contributed by atoms with E-state index in [0.29, 0.717) is 5.69 Å². The Morgan fingerprint density at radius 1 is 0.960 bits per heavy atom. The van der Waals surface area contributed by atoms with Crippen molar-refractivity contribution in [3.8, 4) is 0 Å². The zero-order chi connectivity index (χ0) is 17.9.